The Morgan fingerprint density at radius 3 is 2.55 bits per heavy atom. The Balaban J connectivity index is 1.28. The van der Waals surface area contributed by atoms with Crippen LogP contribution in [0.1, 0.15) is 39.0 Å². The van der Waals surface area contributed by atoms with Crippen molar-refractivity contribution in [2.75, 3.05) is 38.6 Å². The van der Waals surface area contributed by atoms with Gasteiger partial charge in [-0.15, -0.1) is 0 Å². The third-order valence-corrected chi connectivity index (χ3v) is 7.74. The fourth-order valence-electron chi connectivity index (χ4n) is 5.22. The van der Waals surface area contributed by atoms with Gasteiger partial charge < -0.3 is 19.7 Å². The summed E-state index contributed by atoms with van der Waals surface area (Å²) in [4.78, 5) is 26.0. The molecular formula is C28H33ClFN5O3. The van der Waals surface area contributed by atoms with E-state index < -0.39 is 5.82 Å². The Kier molecular flexibility index (Phi) is 8.14. The highest BCUT2D eigenvalue weighted by Crippen LogP contribution is 2.36. The second kappa shape index (κ2) is 11.7. The maximum atomic E-state index is 13.6. The van der Waals surface area contributed by atoms with Crippen molar-refractivity contribution in [3.8, 4) is 11.5 Å². The number of hydrogen-bond acceptors (Lipinski definition) is 7. The lowest BCUT2D eigenvalue weighted by atomic mass is 10.0. The minimum absolute atomic E-state index is 0.00756. The van der Waals surface area contributed by atoms with Crippen LogP contribution in [0, 0.1) is 5.82 Å². The number of carbonyl (C=O) groups excluding carboxylic acids is 1. The van der Waals surface area contributed by atoms with E-state index in [4.69, 9.17) is 21.1 Å². The molecule has 0 aliphatic carbocycles. The number of halogens is 2. The average Bonchev–Trinajstić information content (AvgIpc) is 2.95. The van der Waals surface area contributed by atoms with Gasteiger partial charge in [-0.3, -0.25) is 9.69 Å². The highest BCUT2D eigenvalue weighted by atomic mass is 35.5. The van der Waals surface area contributed by atoms with Crippen molar-refractivity contribution in [3.63, 3.8) is 0 Å². The predicted octanol–water partition coefficient (Wildman–Crippen LogP) is 5.42. The van der Waals surface area contributed by atoms with Crippen LogP contribution in [0.25, 0.3) is 10.9 Å². The molecule has 2 fully saturated rings. The molecule has 38 heavy (non-hydrogen) atoms. The van der Waals surface area contributed by atoms with Gasteiger partial charge in [-0.2, -0.15) is 0 Å². The summed E-state index contributed by atoms with van der Waals surface area (Å²) in [6.07, 6.45) is 6.48. The summed E-state index contributed by atoms with van der Waals surface area (Å²) >= 11 is 5.95. The van der Waals surface area contributed by atoms with Crippen LogP contribution in [0.4, 0.5) is 15.9 Å². The first-order valence-corrected chi connectivity index (χ1v) is 13.5. The lowest BCUT2D eigenvalue weighted by molar-refractivity contribution is -0.138. The molecule has 5 rings (SSSR count). The fraction of sp³-hybridized carbons (Fsp3) is 0.464. The van der Waals surface area contributed by atoms with Crippen molar-refractivity contribution in [3.05, 3.63) is 47.5 Å². The first-order valence-electron chi connectivity index (χ1n) is 13.2. The van der Waals surface area contributed by atoms with Crippen LogP contribution in [0.2, 0.25) is 5.02 Å². The number of nitrogens with one attached hydrogen (secondary N) is 1. The molecule has 3 heterocycles. The number of anilines is 2. The average molecular weight is 542 g/mol. The maximum Gasteiger partial charge on any atom is 0.239 e. The molecule has 2 saturated heterocycles. The third kappa shape index (κ3) is 5.78. The van der Waals surface area contributed by atoms with Gasteiger partial charge in [-0.05, 0) is 63.3 Å². The molecule has 8 nitrogen and oxygen atoms in total. The number of fused-ring (bicyclic) bond motifs is 1. The molecule has 1 N–H and O–H groups in total. The Hall–Kier alpha value is -3.17. The summed E-state index contributed by atoms with van der Waals surface area (Å²) in [6.45, 7) is 5.36. The lowest BCUT2D eigenvalue weighted by Crippen LogP contribution is -2.51. The van der Waals surface area contributed by atoms with E-state index in [1.54, 1.807) is 13.2 Å². The van der Waals surface area contributed by atoms with E-state index in [1.165, 1.54) is 24.9 Å². The van der Waals surface area contributed by atoms with E-state index in [2.05, 4.69) is 20.2 Å². The molecule has 1 unspecified atom stereocenters. The van der Waals surface area contributed by atoms with Crippen LogP contribution in [-0.2, 0) is 4.79 Å². The topological polar surface area (TPSA) is 79.8 Å². The van der Waals surface area contributed by atoms with Crippen LogP contribution < -0.4 is 14.8 Å². The molecule has 0 spiro atoms. The summed E-state index contributed by atoms with van der Waals surface area (Å²) in [7, 11) is 1.60. The molecule has 2 aliphatic rings. The summed E-state index contributed by atoms with van der Waals surface area (Å²) in [6, 6.07) is 7.99. The smallest absolute Gasteiger partial charge is 0.239 e. The second-order valence-electron chi connectivity index (χ2n) is 9.91. The molecule has 202 valence electrons. The van der Waals surface area contributed by atoms with E-state index in [0.29, 0.717) is 28.5 Å². The molecule has 2 aliphatic heterocycles. The van der Waals surface area contributed by atoms with Crippen molar-refractivity contribution >= 4 is 39.9 Å². The van der Waals surface area contributed by atoms with Gasteiger partial charge in [-0.25, -0.2) is 14.4 Å². The van der Waals surface area contributed by atoms with Gasteiger partial charge >= 0.3 is 0 Å². The van der Waals surface area contributed by atoms with Crippen LogP contribution in [0.15, 0.2) is 36.7 Å². The number of amides is 1. The van der Waals surface area contributed by atoms with E-state index >= 15 is 0 Å². The first kappa shape index (κ1) is 26.4. The van der Waals surface area contributed by atoms with Gasteiger partial charge in [-0.1, -0.05) is 11.6 Å². The van der Waals surface area contributed by atoms with Crippen molar-refractivity contribution in [2.45, 2.75) is 51.2 Å². The molecule has 3 aromatic rings. The van der Waals surface area contributed by atoms with Crippen LogP contribution in [0.5, 0.6) is 11.5 Å². The highest BCUT2D eigenvalue weighted by molar-refractivity contribution is 6.31. The molecule has 1 amide bonds. The molecule has 2 aromatic carbocycles. The SMILES string of the molecule is COc1cc2ncnc(Nc3ccc(F)c(Cl)c3)c2cc1OC1CCN(C(C)C(=O)N2CCCCC2)CC1. The van der Waals surface area contributed by atoms with Crippen LogP contribution in [0.3, 0.4) is 0 Å². The summed E-state index contributed by atoms with van der Waals surface area (Å²) in [5.74, 6) is 1.49. The first-order chi connectivity index (χ1) is 18.4. The largest absolute Gasteiger partial charge is 0.493 e. The minimum Gasteiger partial charge on any atom is -0.493 e. The van der Waals surface area contributed by atoms with E-state index in [0.717, 1.165) is 57.2 Å². The quantitative estimate of drug-likeness (QED) is 0.428. The van der Waals surface area contributed by atoms with Crippen LogP contribution in [-0.4, -0.2) is 71.1 Å². The molecule has 1 atom stereocenters. The number of hydrogen-bond donors (Lipinski definition) is 1. The minimum atomic E-state index is -0.485. The number of aromatic nitrogens is 2. The number of rotatable bonds is 7. The van der Waals surface area contributed by atoms with Gasteiger partial charge in [0.1, 0.15) is 24.1 Å². The second-order valence-corrected chi connectivity index (χ2v) is 10.3. The van der Waals surface area contributed by atoms with Gasteiger partial charge in [0.15, 0.2) is 11.5 Å². The number of methoxy groups -OCH3 is 1. The zero-order chi connectivity index (χ0) is 26.6. The monoisotopic (exact) mass is 541 g/mol. The zero-order valence-electron chi connectivity index (χ0n) is 21.8. The third-order valence-electron chi connectivity index (χ3n) is 7.45. The molecule has 0 saturated carbocycles. The number of carbonyl (C=O) groups is 1. The molecular weight excluding hydrogens is 509 g/mol. The maximum absolute atomic E-state index is 13.6. The van der Waals surface area contributed by atoms with Crippen molar-refractivity contribution in [2.24, 2.45) is 0 Å². The summed E-state index contributed by atoms with van der Waals surface area (Å²) < 4.78 is 25.6. The summed E-state index contributed by atoms with van der Waals surface area (Å²) in [5, 5.41) is 3.96. The number of benzene rings is 2. The van der Waals surface area contributed by atoms with E-state index in [-0.39, 0.29) is 23.1 Å². The standard InChI is InChI=1S/C28H33ClFN5O3/c1-18(28(36)35-10-4-3-5-11-35)34-12-8-20(9-13-34)38-26-15-21-24(16-25(26)37-2)31-17-32-27(21)33-19-6-7-23(30)22(29)14-19/h6-7,14-18,20H,3-5,8-13H2,1-2H3,(H,31,32,33). The van der Waals surface area contributed by atoms with Gasteiger partial charge in [0.25, 0.3) is 0 Å². The Morgan fingerprint density at radius 2 is 1.84 bits per heavy atom. The van der Waals surface area contributed by atoms with Crippen molar-refractivity contribution in [1.29, 1.82) is 0 Å². The molecule has 0 radical (unpaired) electrons. The zero-order valence-corrected chi connectivity index (χ0v) is 22.5. The van der Waals surface area contributed by atoms with Gasteiger partial charge in [0, 0.05) is 43.3 Å². The number of likely N-dealkylation sites (tertiary alicyclic amines) is 2. The van der Waals surface area contributed by atoms with Gasteiger partial charge in [0.2, 0.25) is 5.91 Å². The Bertz CT molecular complexity index is 1290. The molecule has 0 bridgehead atoms. The Morgan fingerprint density at radius 1 is 1.08 bits per heavy atom. The number of ether oxygens (including phenoxy) is 2. The summed E-state index contributed by atoms with van der Waals surface area (Å²) in [5.41, 5.74) is 1.29. The lowest BCUT2D eigenvalue weighted by Gasteiger charge is -2.38. The molecule has 1 aromatic heterocycles. The fourth-order valence-corrected chi connectivity index (χ4v) is 5.40. The van der Waals surface area contributed by atoms with Gasteiger partial charge in [0.05, 0.1) is 23.7 Å². The van der Waals surface area contributed by atoms with Crippen molar-refractivity contribution < 1.29 is 18.7 Å². The Labute approximate surface area is 227 Å². The number of nitrogens with zero attached hydrogens (tertiary/aromatic N) is 4. The van der Waals surface area contributed by atoms with Crippen molar-refractivity contribution in [1.82, 2.24) is 19.8 Å². The number of piperidine rings is 2. The molecule has 10 heteroatoms. The van der Waals surface area contributed by atoms with E-state index in [1.807, 2.05) is 24.0 Å². The predicted molar refractivity (Wildman–Crippen MR) is 146 cm³/mol. The van der Waals surface area contributed by atoms with Crippen LogP contribution >= 0.6 is 11.6 Å². The van der Waals surface area contributed by atoms with E-state index in [9.17, 15) is 9.18 Å². The highest BCUT2D eigenvalue weighted by Gasteiger charge is 2.31. The normalized spacial score (nSPS) is 17.8.